The number of aromatic nitrogens is 1. The maximum Gasteiger partial charge on any atom is 0.491 e. The zero-order valence-corrected chi connectivity index (χ0v) is 16.7. The number of hydrogen-bond acceptors (Lipinski definition) is 5. The van der Waals surface area contributed by atoms with E-state index in [9.17, 15) is 4.79 Å². The summed E-state index contributed by atoms with van der Waals surface area (Å²) in [4.78, 5) is 15.9. The Morgan fingerprint density at radius 1 is 1.15 bits per heavy atom. The number of pyridine rings is 1. The summed E-state index contributed by atoms with van der Waals surface area (Å²) in [5.41, 5.74) is 2.09. The Hall–Kier alpha value is -1.63. The fourth-order valence-electron chi connectivity index (χ4n) is 2.80. The van der Waals surface area contributed by atoms with Crippen LogP contribution >= 0.6 is 11.8 Å². The average molecular weight is 369 g/mol. The van der Waals surface area contributed by atoms with Crippen LogP contribution in [0.4, 0.5) is 0 Å². The minimum Gasteiger partial charge on any atom is -0.400 e. The molecule has 3 rings (SSSR count). The van der Waals surface area contributed by atoms with Crippen molar-refractivity contribution in [3.63, 3.8) is 0 Å². The molecule has 26 heavy (non-hydrogen) atoms. The molecule has 1 aromatic heterocycles. The largest absolute Gasteiger partial charge is 0.491 e. The Morgan fingerprint density at radius 2 is 1.81 bits per heavy atom. The van der Waals surface area contributed by atoms with E-state index >= 15 is 0 Å². The van der Waals surface area contributed by atoms with Crippen molar-refractivity contribution in [1.29, 1.82) is 0 Å². The first-order valence-electron chi connectivity index (χ1n) is 8.73. The van der Waals surface area contributed by atoms with Crippen LogP contribution in [0.2, 0.25) is 0 Å². The Bertz CT molecular complexity index is 842. The van der Waals surface area contributed by atoms with E-state index in [2.05, 4.69) is 11.1 Å². The van der Waals surface area contributed by atoms with E-state index < -0.39 is 18.3 Å². The van der Waals surface area contributed by atoms with E-state index in [-0.39, 0.29) is 5.12 Å². The first-order valence-corrected chi connectivity index (χ1v) is 9.71. The lowest BCUT2D eigenvalue weighted by Crippen LogP contribution is -2.41. The normalized spacial score (nSPS) is 19.1. The van der Waals surface area contributed by atoms with Crippen LogP contribution in [0.25, 0.3) is 17.0 Å². The summed E-state index contributed by atoms with van der Waals surface area (Å²) >= 11 is 1.27. The molecule has 0 amide bonds. The van der Waals surface area contributed by atoms with Gasteiger partial charge in [0.25, 0.3) is 0 Å². The summed E-state index contributed by atoms with van der Waals surface area (Å²) in [6.45, 7) is 9.71. The van der Waals surface area contributed by atoms with Gasteiger partial charge >= 0.3 is 7.12 Å². The number of carbonyl (C=O) groups excluding carboxylic acids is 1. The van der Waals surface area contributed by atoms with E-state index in [0.29, 0.717) is 5.75 Å². The summed E-state index contributed by atoms with van der Waals surface area (Å²) in [6, 6.07) is 10.00. The predicted molar refractivity (Wildman–Crippen MR) is 109 cm³/mol. The fourth-order valence-corrected chi connectivity index (χ4v) is 3.39. The van der Waals surface area contributed by atoms with Crippen molar-refractivity contribution in [1.82, 2.24) is 4.98 Å². The minimum absolute atomic E-state index is 0.0759. The molecule has 0 saturated carbocycles. The molecular weight excluding hydrogens is 345 g/mol. The topological polar surface area (TPSA) is 48.4 Å². The van der Waals surface area contributed by atoms with Gasteiger partial charge in [0, 0.05) is 24.3 Å². The smallest absolute Gasteiger partial charge is 0.400 e. The third-order valence-corrected chi connectivity index (χ3v) is 5.91. The summed E-state index contributed by atoms with van der Waals surface area (Å²) in [5.74, 6) is 0.531. The van der Waals surface area contributed by atoms with Crippen LogP contribution in [-0.2, 0) is 14.1 Å². The molecule has 0 radical (unpaired) electrons. The number of nitrogens with zero attached hydrogens (tertiary/aromatic N) is 1. The molecule has 4 nitrogen and oxygen atoms in total. The predicted octanol–water partition coefficient (Wildman–Crippen LogP) is 4.53. The Labute approximate surface area is 159 Å². The fraction of sp³-hybridized carbons (Fsp3) is 0.400. The van der Waals surface area contributed by atoms with Crippen molar-refractivity contribution in [2.24, 2.45) is 0 Å². The van der Waals surface area contributed by atoms with E-state index in [1.54, 1.807) is 13.1 Å². The monoisotopic (exact) mass is 369 g/mol. The molecule has 1 fully saturated rings. The molecule has 0 spiro atoms. The molecule has 1 aliphatic rings. The summed E-state index contributed by atoms with van der Waals surface area (Å²) in [6.07, 6.45) is 3.87. The molecule has 136 valence electrons. The summed E-state index contributed by atoms with van der Waals surface area (Å²) < 4.78 is 12.4. The molecule has 0 aliphatic carbocycles. The zero-order valence-electron chi connectivity index (χ0n) is 15.9. The van der Waals surface area contributed by atoms with Gasteiger partial charge in [-0.1, -0.05) is 36.0 Å². The van der Waals surface area contributed by atoms with E-state index in [0.717, 1.165) is 21.9 Å². The lowest BCUT2D eigenvalue weighted by atomic mass is 9.78. The van der Waals surface area contributed by atoms with Gasteiger partial charge < -0.3 is 9.31 Å². The molecular formula is C20H24BNO3S. The molecule has 1 aliphatic heterocycles. The van der Waals surface area contributed by atoms with E-state index in [1.165, 1.54) is 11.8 Å². The molecule has 6 heteroatoms. The summed E-state index contributed by atoms with van der Waals surface area (Å²) in [5, 5.41) is 1.14. The van der Waals surface area contributed by atoms with Crippen LogP contribution in [0.1, 0.15) is 40.2 Å². The molecule has 0 unspecified atom stereocenters. The highest BCUT2D eigenvalue weighted by atomic mass is 32.2. The quantitative estimate of drug-likeness (QED) is 0.741. The molecule has 0 atom stereocenters. The van der Waals surface area contributed by atoms with Crippen molar-refractivity contribution >= 4 is 41.0 Å². The van der Waals surface area contributed by atoms with Crippen LogP contribution in [0.3, 0.4) is 0 Å². The highest BCUT2D eigenvalue weighted by Gasteiger charge is 2.52. The second-order valence-electron chi connectivity index (χ2n) is 7.51. The Morgan fingerprint density at radius 3 is 2.46 bits per heavy atom. The van der Waals surface area contributed by atoms with Crippen LogP contribution in [-0.4, -0.2) is 34.2 Å². The minimum atomic E-state index is -0.473. The van der Waals surface area contributed by atoms with Gasteiger partial charge in [0.05, 0.1) is 16.7 Å². The zero-order chi connectivity index (χ0) is 18.9. The maximum absolute atomic E-state index is 11.5. The molecule has 0 N–H and O–H groups in total. The van der Waals surface area contributed by atoms with Crippen molar-refractivity contribution < 1.29 is 14.1 Å². The van der Waals surface area contributed by atoms with Crippen LogP contribution < -0.4 is 0 Å². The number of para-hydroxylation sites is 1. The molecule has 0 bridgehead atoms. The maximum atomic E-state index is 11.5. The SMILES string of the molecule is CC(=O)SCC(=Cc1ccnc2ccccc12)B1OC(C)(C)C(C)(C)O1. The van der Waals surface area contributed by atoms with E-state index in [4.69, 9.17) is 9.31 Å². The number of thioether (sulfide) groups is 1. The van der Waals surface area contributed by atoms with E-state index in [1.807, 2.05) is 58.0 Å². The highest BCUT2D eigenvalue weighted by molar-refractivity contribution is 8.13. The van der Waals surface area contributed by atoms with Gasteiger partial charge in [-0.05, 0) is 50.9 Å². The summed E-state index contributed by atoms with van der Waals surface area (Å²) in [7, 11) is -0.473. The van der Waals surface area contributed by atoms with Gasteiger partial charge in [-0.15, -0.1) is 0 Å². The first kappa shape index (κ1) is 19.1. The van der Waals surface area contributed by atoms with Gasteiger partial charge in [-0.25, -0.2) is 0 Å². The van der Waals surface area contributed by atoms with Crippen molar-refractivity contribution in [3.05, 3.63) is 47.6 Å². The average Bonchev–Trinajstić information content (AvgIpc) is 2.79. The second kappa shape index (κ2) is 7.18. The standard InChI is InChI=1S/C20H24BNO3S/c1-14(23)26-13-16(21-24-19(2,3)20(4,5)25-21)12-15-10-11-22-18-9-7-6-8-17(15)18/h6-12H,13H2,1-5H3. The lowest BCUT2D eigenvalue weighted by Gasteiger charge is -2.32. The molecule has 1 aromatic carbocycles. The number of carbonyl (C=O) groups is 1. The number of rotatable bonds is 4. The van der Waals surface area contributed by atoms with Crippen LogP contribution in [0.15, 0.2) is 42.0 Å². The van der Waals surface area contributed by atoms with Crippen molar-refractivity contribution in [3.8, 4) is 0 Å². The molecule has 2 aromatic rings. The van der Waals surface area contributed by atoms with Gasteiger partial charge in [0.15, 0.2) is 5.12 Å². The van der Waals surface area contributed by atoms with Crippen molar-refractivity contribution in [2.45, 2.75) is 45.8 Å². The van der Waals surface area contributed by atoms with Crippen LogP contribution in [0.5, 0.6) is 0 Å². The first-order chi connectivity index (χ1) is 12.2. The Kier molecular flexibility index (Phi) is 5.29. The lowest BCUT2D eigenvalue weighted by molar-refractivity contribution is -0.109. The number of benzene rings is 1. The number of hydrogen-bond donors (Lipinski definition) is 0. The highest BCUT2D eigenvalue weighted by Crippen LogP contribution is 2.39. The van der Waals surface area contributed by atoms with Crippen LogP contribution in [0, 0.1) is 0 Å². The number of fused-ring (bicyclic) bond motifs is 1. The van der Waals surface area contributed by atoms with Gasteiger partial charge in [0.2, 0.25) is 0 Å². The molecule has 1 saturated heterocycles. The van der Waals surface area contributed by atoms with Gasteiger partial charge in [-0.2, -0.15) is 0 Å². The van der Waals surface area contributed by atoms with Gasteiger partial charge in [-0.3, -0.25) is 9.78 Å². The third kappa shape index (κ3) is 3.87. The Balaban J connectivity index is 2.01. The van der Waals surface area contributed by atoms with Crippen molar-refractivity contribution in [2.75, 3.05) is 5.75 Å². The second-order valence-corrected chi connectivity index (χ2v) is 8.66. The van der Waals surface area contributed by atoms with Gasteiger partial charge in [0.1, 0.15) is 0 Å². The third-order valence-electron chi connectivity index (χ3n) is 5.02. The molecule has 2 heterocycles.